The van der Waals surface area contributed by atoms with Gasteiger partial charge in [-0.1, -0.05) is 24.3 Å². The maximum absolute atomic E-state index is 12.6. The van der Waals surface area contributed by atoms with E-state index in [9.17, 15) is 4.39 Å². The van der Waals surface area contributed by atoms with Gasteiger partial charge in [0.05, 0.1) is 0 Å². The second-order valence-electron chi connectivity index (χ2n) is 3.85. The average Bonchev–Trinajstić information content (AvgIpc) is 2.85. The third kappa shape index (κ3) is 1.64. The zero-order chi connectivity index (χ0) is 9.42. The van der Waals surface area contributed by atoms with E-state index in [-0.39, 0.29) is 5.82 Å². The van der Waals surface area contributed by atoms with E-state index in [4.69, 9.17) is 0 Å². The average molecular weight is 176 g/mol. The van der Waals surface area contributed by atoms with Gasteiger partial charge in [0.2, 0.25) is 0 Å². The van der Waals surface area contributed by atoms with Gasteiger partial charge in [-0.3, -0.25) is 0 Å². The number of rotatable bonds is 2. The molecule has 1 aromatic rings. The van der Waals surface area contributed by atoms with Crippen LogP contribution >= 0.6 is 0 Å². The van der Waals surface area contributed by atoms with E-state index in [0.29, 0.717) is 11.8 Å². The molecule has 0 bridgehead atoms. The first kappa shape index (κ1) is 8.49. The molecule has 2 rings (SSSR count). The lowest BCUT2D eigenvalue weighted by Crippen LogP contribution is -1.84. The minimum Gasteiger partial charge on any atom is -0.207 e. The first-order valence-corrected chi connectivity index (χ1v) is 4.59. The molecule has 0 aromatic heterocycles. The smallest absolute Gasteiger partial charge is 0.123 e. The molecule has 0 amide bonds. The van der Waals surface area contributed by atoms with Crippen molar-refractivity contribution in [3.63, 3.8) is 0 Å². The highest BCUT2D eigenvalue weighted by Crippen LogP contribution is 2.50. The van der Waals surface area contributed by atoms with E-state index in [1.165, 1.54) is 29.7 Å². The van der Waals surface area contributed by atoms with Crippen LogP contribution in [0.1, 0.15) is 24.8 Å². The Balaban J connectivity index is 2.12. The van der Waals surface area contributed by atoms with Crippen molar-refractivity contribution < 1.29 is 4.39 Å². The molecule has 0 heterocycles. The Morgan fingerprint density at radius 2 is 2.00 bits per heavy atom. The summed E-state index contributed by atoms with van der Waals surface area (Å²) in [4.78, 5) is 0. The minimum absolute atomic E-state index is 0.156. The monoisotopic (exact) mass is 176 g/mol. The normalized spacial score (nSPS) is 25.7. The first-order valence-electron chi connectivity index (χ1n) is 4.59. The zero-order valence-corrected chi connectivity index (χ0v) is 7.76. The lowest BCUT2D eigenvalue weighted by atomic mass is 10.1. The second kappa shape index (κ2) is 2.99. The van der Waals surface area contributed by atoms with Gasteiger partial charge in [-0.25, -0.2) is 4.39 Å². The quantitative estimate of drug-likeness (QED) is 0.605. The van der Waals surface area contributed by atoms with Crippen molar-refractivity contribution in [1.29, 1.82) is 0 Å². The molecule has 68 valence electrons. The van der Waals surface area contributed by atoms with Gasteiger partial charge in [0.15, 0.2) is 0 Å². The highest BCUT2D eigenvalue weighted by molar-refractivity contribution is 5.30. The summed E-state index contributed by atoms with van der Waals surface area (Å²) < 4.78 is 12.6. The zero-order valence-electron chi connectivity index (χ0n) is 7.76. The van der Waals surface area contributed by atoms with Crippen molar-refractivity contribution >= 4 is 0 Å². The summed E-state index contributed by atoms with van der Waals surface area (Å²) in [6.07, 6.45) is 1.18. The van der Waals surface area contributed by atoms with Crippen LogP contribution in [0.25, 0.3) is 0 Å². The molecule has 0 radical (unpaired) electrons. The molecule has 0 nitrogen and oxygen atoms in total. The Kier molecular flexibility index (Phi) is 1.95. The van der Waals surface area contributed by atoms with Crippen LogP contribution in [0.5, 0.6) is 0 Å². The molecule has 0 spiro atoms. The molecule has 0 unspecified atom stereocenters. The van der Waals surface area contributed by atoms with E-state index in [1.807, 2.05) is 12.1 Å². The molecule has 0 aliphatic heterocycles. The van der Waals surface area contributed by atoms with Crippen molar-refractivity contribution in [3.05, 3.63) is 47.8 Å². The molecule has 1 fully saturated rings. The molecule has 2 atom stereocenters. The van der Waals surface area contributed by atoms with Crippen molar-refractivity contribution in [2.75, 3.05) is 0 Å². The Labute approximate surface area is 78.1 Å². The summed E-state index contributed by atoms with van der Waals surface area (Å²) >= 11 is 0. The predicted molar refractivity (Wildman–Crippen MR) is 52.1 cm³/mol. The number of hydrogen-bond donors (Lipinski definition) is 0. The van der Waals surface area contributed by atoms with Crippen LogP contribution in [-0.2, 0) is 0 Å². The minimum atomic E-state index is -0.156. The van der Waals surface area contributed by atoms with E-state index in [2.05, 4.69) is 13.5 Å². The van der Waals surface area contributed by atoms with Gasteiger partial charge < -0.3 is 0 Å². The maximum atomic E-state index is 12.6. The summed E-state index contributed by atoms with van der Waals surface area (Å²) in [5.41, 5.74) is 2.49. The van der Waals surface area contributed by atoms with Gasteiger partial charge in [-0.05, 0) is 42.9 Å². The first-order chi connectivity index (χ1) is 6.18. The molecule has 1 heteroatoms. The third-order valence-corrected chi connectivity index (χ3v) is 2.72. The van der Waals surface area contributed by atoms with Crippen LogP contribution in [0.15, 0.2) is 36.4 Å². The van der Waals surface area contributed by atoms with Crippen LogP contribution in [0.2, 0.25) is 0 Å². The summed E-state index contributed by atoms with van der Waals surface area (Å²) in [6, 6.07) is 6.82. The van der Waals surface area contributed by atoms with E-state index in [0.717, 1.165) is 0 Å². The molecule has 0 saturated heterocycles. The molecule has 1 saturated carbocycles. The molecule has 1 aromatic carbocycles. The Morgan fingerprint density at radius 3 is 2.46 bits per heavy atom. The molecular weight excluding hydrogens is 163 g/mol. The Bertz CT molecular complexity index is 323. The fraction of sp³-hybridized carbons (Fsp3) is 0.333. The van der Waals surface area contributed by atoms with E-state index < -0.39 is 0 Å². The fourth-order valence-corrected chi connectivity index (χ4v) is 1.82. The number of hydrogen-bond acceptors (Lipinski definition) is 0. The van der Waals surface area contributed by atoms with Gasteiger partial charge in [0.1, 0.15) is 5.82 Å². The lowest BCUT2D eigenvalue weighted by Gasteiger charge is -1.99. The predicted octanol–water partition coefficient (Wildman–Crippen LogP) is 3.51. The maximum Gasteiger partial charge on any atom is 0.123 e. The Hall–Kier alpha value is -1.11. The summed E-state index contributed by atoms with van der Waals surface area (Å²) in [7, 11) is 0. The van der Waals surface area contributed by atoms with Gasteiger partial charge in [-0.15, -0.1) is 0 Å². The highest BCUT2D eigenvalue weighted by Gasteiger charge is 2.38. The second-order valence-corrected chi connectivity index (χ2v) is 3.85. The van der Waals surface area contributed by atoms with Gasteiger partial charge in [-0.2, -0.15) is 0 Å². The summed E-state index contributed by atoms with van der Waals surface area (Å²) in [6.45, 7) is 6.00. The lowest BCUT2D eigenvalue weighted by molar-refractivity contribution is 0.627. The molecule has 1 aliphatic rings. The van der Waals surface area contributed by atoms with Crippen LogP contribution in [0.4, 0.5) is 4.39 Å². The topological polar surface area (TPSA) is 0 Å². The van der Waals surface area contributed by atoms with Gasteiger partial charge in [0, 0.05) is 0 Å². The number of halogens is 1. The van der Waals surface area contributed by atoms with Crippen LogP contribution < -0.4 is 0 Å². The van der Waals surface area contributed by atoms with Crippen molar-refractivity contribution in [2.45, 2.75) is 19.3 Å². The highest BCUT2D eigenvalue weighted by atomic mass is 19.1. The van der Waals surface area contributed by atoms with Crippen molar-refractivity contribution in [2.24, 2.45) is 5.92 Å². The molecule has 0 N–H and O–H groups in total. The Morgan fingerprint density at radius 1 is 1.38 bits per heavy atom. The molecule has 1 aliphatic carbocycles. The van der Waals surface area contributed by atoms with Crippen LogP contribution in [0, 0.1) is 11.7 Å². The summed E-state index contributed by atoms with van der Waals surface area (Å²) in [5, 5.41) is 0. The van der Waals surface area contributed by atoms with Crippen molar-refractivity contribution in [1.82, 2.24) is 0 Å². The summed E-state index contributed by atoms with van der Waals surface area (Å²) in [5.74, 6) is 1.07. The third-order valence-electron chi connectivity index (χ3n) is 2.72. The van der Waals surface area contributed by atoms with Gasteiger partial charge in [0.25, 0.3) is 0 Å². The van der Waals surface area contributed by atoms with E-state index >= 15 is 0 Å². The molecular formula is C12H13F. The van der Waals surface area contributed by atoms with Crippen LogP contribution in [-0.4, -0.2) is 0 Å². The van der Waals surface area contributed by atoms with Crippen LogP contribution in [0.3, 0.4) is 0 Å². The number of benzene rings is 1. The SMILES string of the molecule is C=C(C)[C@H]1C[C@@H]1c1ccc(F)cc1. The molecule has 13 heavy (non-hydrogen) atoms. The van der Waals surface area contributed by atoms with E-state index in [1.54, 1.807) is 0 Å². The van der Waals surface area contributed by atoms with Crippen molar-refractivity contribution in [3.8, 4) is 0 Å². The van der Waals surface area contributed by atoms with Gasteiger partial charge >= 0.3 is 0 Å². The fourth-order valence-electron chi connectivity index (χ4n) is 1.82. The largest absolute Gasteiger partial charge is 0.207 e. The standard InChI is InChI=1S/C12H13F/c1-8(2)11-7-12(11)9-3-5-10(13)6-4-9/h3-6,11-12H,1,7H2,2H3/t11-,12-/m1/s1. The number of allylic oxidation sites excluding steroid dienone is 1.